The van der Waals surface area contributed by atoms with Gasteiger partial charge in [-0.3, -0.25) is 14.4 Å². The molecule has 12 nitrogen and oxygen atoms in total. The summed E-state index contributed by atoms with van der Waals surface area (Å²) in [4.78, 5) is 65.0. The third-order valence-electron chi connectivity index (χ3n) is 6.21. The Labute approximate surface area is 243 Å². The number of rotatable bonds is 13. The van der Waals surface area contributed by atoms with Crippen LogP contribution in [-0.2, 0) is 28.7 Å². The maximum Gasteiger partial charge on any atom is 0.408 e. The van der Waals surface area contributed by atoms with Crippen LogP contribution in [-0.4, -0.2) is 89.3 Å². The maximum atomic E-state index is 13.7. The van der Waals surface area contributed by atoms with Crippen LogP contribution in [0.4, 0.5) is 4.79 Å². The Hall–Kier alpha value is -3.41. The van der Waals surface area contributed by atoms with Crippen LogP contribution in [0.2, 0.25) is 0 Å². The molecule has 0 radical (unpaired) electrons. The number of aliphatic hydroxyl groups is 1. The van der Waals surface area contributed by atoms with E-state index in [9.17, 15) is 29.1 Å². The molecule has 0 bridgehead atoms. The number of nitrogens with one attached hydrogen (secondary N) is 3. The van der Waals surface area contributed by atoms with E-state index in [2.05, 4.69) is 22.5 Å². The molecule has 0 aromatic heterocycles. The standard InChI is InChI=1S/C29H48N4O8/c1-9-11-14-19(22(35)25(37)30-17-12-16-21(34)40-10-2)31-24(36)20-15-13-18-33(20)26(38)23(28(3,4)5)32-27(39)41-29(6,7)8/h9,12,16,19-20,22-23,35H,1,10-11,13-15,17-18H2,2-8H3,(H,30,37)(H,31,36)(H,32,39)/b16-12+/t19?,20-,22?,23+/m0/s1. The number of amides is 4. The van der Waals surface area contributed by atoms with Gasteiger partial charge in [0.1, 0.15) is 17.7 Å². The molecular formula is C29H48N4O8. The molecule has 0 aliphatic carbocycles. The van der Waals surface area contributed by atoms with Gasteiger partial charge in [0.25, 0.3) is 5.91 Å². The lowest BCUT2D eigenvalue weighted by Crippen LogP contribution is -2.59. The lowest BCUT2D eigenvalue weighted by molar-refractivity contribution is -0.143. The predicted molar refractivity (Wildman–Crippen MR) is 153 cm³/mol. The van der Waals surface area contributed by atoms with Crippen molar-refractivity contribution in [1.29, 1.82) is 0 Å². The highest BCUT2D eigenvalue weighted by molar-refractivity contribution is 5.93. The number of allylic oxidation sites excluding steroid dienone is 1. The number of carbonyl (C=O) groups excluding carboxylic acids is 5. The van der Waals surface area contributed by atoms with E-state index in [0.717, 1.165) is 0 Å². The van der Waals surface area contributed by atoms with Gasteiger partial charge in [0, 0.05) is 19.2 Å². The van der Waals surface area contributed by atoms with Crippen molar-refractivity contribution in [2.24, 2.45) is 5.41 Å². The Bertz CT molecular complexity index is 967. The van der Waals surface area contributed by atoms with E-state index in [0.29, 0.717) is 25.8 Å². The van der Waals surface area contributed by atoms with Crippen molar-refractivity contribution in [3.63, 3.8) is 0 Å². The van der Waals surface area contributed by atoms with Crippen molar-refractivity contribution in [2.75, 3.05) is 19.7 Å². The smallest absolute Gasteiger partial charge is 0.408 e. The van der Waals surface area contributed by atoms with Gasteiger partial charge in [-0.2, -0.15) is 0 Å². The molecule has 1 heterocycles. The number of carbonyl (C=O) groups is 5. The highest BCUT2D eigenvalue weighted by Crippen LogP contribution is 2.26. The van der Waals surface area contributed by atoms with E-state index in [1.807, 2.05) is 0 Å². The summed E-state index contributed by atoms with van der Waals surface area (Å²) in [5.41, 5.74) is -1.43. The molecule has 0 saturated carbocycles. The molecule has 4 atom stereocenters. The lowest BCUT2D eigenvalue weighted by atomic mass is 9.85. The van der Waals surface area contributed by atoms with Crippen LogP contribution >= 0.6 is 0 Å². The molecular weight excluding hydrogens is 532 g/mol. The number of ether oxygens (including phenoxy) is 2. The SMILES string of the molecule is C=CCCC(NC(=O)[C@@H]1CCCN1C(=O)[C@@H](NC(=O)OC(C)(C)C)C(C)(C)C)C(O)C(=O)NC/C=C/C(=O)OCC. The topological polar surface area (TPSA) is 163 Å². The van der Waals surface area contributed by atoms with Crippen molar-refractivity contribution in [1.82, 2.24) is 20.9 Å². The molecule has 232 valence electrons. The summed E-state index contributed by atoms with van der Waals surface area (Å²) in [5.74, 6) is -2.22. The van der Waals surface area contributed by atoms with E-state index in [1.54, 1.807) is 54.5 Å². The summed E-state index contributed by atoms with van der Waals surface area (Å²) in [6.45, 7) is 16.4. The summed E-state index contributed by atoms with van der Waals surface area (Å²) >= 11 is 0. The Balaban J connectivity index is 2.98. The number of aliphatic hydroxyl groups excluding tert-OH is 1. The fraction of sp³-hybridized carbons (Fsp3) is 0.690. The number of nitrogens with zero attached hydrogens (tertiary/aromatic N) is 1. The monoisotopic (exact) mass is 580 g/mol. The van der Waals surface area contributed by atoms with Gasteiger partial charge in [0.2, 0.25) is 11.8 Å². The van der Waals surface area contributed by atoms with Crippen LogP contribution < -0.4 is 16.0 Å². The van der Waals surface area contributed by atoms with Gasteiger partial charge in [-0.1, -0.05) is 32.9 Å². The summed E-state index contributed by atoms with van der Waals surface area (Å²) in [5, 5.41) is 18.6. The largest absolute Gasteiger partial charge is 0.463 e. The zero-order chi connectivity index (χ0) is 31.4. The summed E-state index contributed by atoms with van der Waals surface area (Å²) in [6, 6.07) is -2.76. The van der Waals surface area contributed by atoms with Gasteiger partial charge in [0.05, 0.1) is 12.6 Å². The Morgan fingerprint density at radius 3 is 2.32 bits per heavy atom. The van der Waals surface area contributed by atoms with Crippen molar-refractivity contribution in [2.45, 2.75) is 104 Å². The van der Waals surface area contributed by atoms with Crippen LogP contribution in [0.5, 0.6) is 0 Å². The molecule has 41 heavy (non-hydrogen) atoms. The van der Waals surface area contributed by atoms with Crippen LogP contribution in [0.1, 0.15) is 74.1 Å². The summed E-state index contributed by atoms with van der Waals surface area (Å²) in [7, 11) is 0. The second-order valence-electron chi connectivity index (χ2n) is 12.0. The van der Waals surface area contributed by atoms with Crippen molar-refractivity contribution in [3.05, 3.63) is 24.8 Å². The van der Waals surface area contributed by atoms with Crippen LogP contribution in [0.25, 0.3) is 0 Å². The first-order chi connectivity index (χ1) is 19.0. The Kier molecular flexibility index (Phi) is 14.0. The van der Waals surface area contributed by atoms with Gasteiger partial charge in [-0.15, -0.1) is 6.58 Å². The minimum absolute atomic E-state index is 0.0272. The fourth-order valence-electron chi connectivity index (χ4n) is 4.22. The summed E-state index contributed by atoms with van der Waals surface area (Å²) < 4.78 is 10.1. The second-order valence-corrected chi connectivity index (χ2v) is 12.0. The van der Waals surface area contributed by atoms with E-state index >= 15 is 0 Å². The van der Waals surface area contributed by atoms with E-state index < -0.39 is 65.0 Å². The van der Waals surface area contributed by atoms with Gasteiger partial charge >= 0.3 is 12.1 Å². The van der Waals surface area contributed by atoms with Crippen LogP contribution in [0.15, 0.2) is 24.8 Å². The molecule has 1 saturated heterocycles. The molecule has 12 heteroatoms. The molecule has 0 aromatic carbocycles. The third kappa shape index (κ3) is 12.3. The molecule has 1 fully saturated rings. The van der Waals surface area contributed by atoms with Crippen LogP contribution in [0, 0.1) is 5.41 Å². The number of hydrogen-bond donors (Lipinski definition) is 4. The predicted octanol–water partition coefficient (Wildman–Crippen LogP) is 1.96. The average Bonchev–Trinajstić information content (AvgIpc) is 3.35. The molecule has 1 aliphatic rings. The molecule has 0 aromatic rings. The molecule has 0 spiro atoms. The van der Waals surface area contributed by atoms with E-state index in [-0.39, 0.29) is 19.6 Å². The Morgan fingerprint density at radius 1 is 1.10 bits per heavy atom. The number of alkyl carbamates (subject to hydrolysis) is 1. The maximum absolute atomic E-state index is 13.7. The molecule has 2 unspecified atom stereocenters. The van der Waals surface area contributed by atoms with E-state index in [1.165, 1.54) is 17.1 Å². The van der Waals surface area contributed by atoms with E-state index in [4.69, 9.17) is 9.47 Å². The minimum Gasteiger partial charge on any atom is -0.463 e. The highest BCUT2D eigenvalue weighted by atomic mass is 16.6. The first-order valence-corrected chi connectivity index (χ1v) is 14.0. The normalized spacial score (nSPS) is 17.8. The average molecular weight is 581 g/mol. The third-order valence-corrected chi connectivity index (χ3v) is 6.21. The van der Waals surface area contributed by atoms with Gasteiger partial charge < -0.3 is 35.4 Å². The number of likely N-dealkylation sites (tertiary alicyclic amines) is 1. The highest BCUT2D eigenvalue weighted by Gasteiger charge is 2.43. The lowest BCUT2D eigenvalue weighted by Gasteiger charge is -2.36. The quantitative estimate of drug-likeness (QED) is 0.146. The molecule has 1 aliphatic heterocycles. The van der Waals surface area contributed by atoms with Crippen LogP contribution in [0.3, 0.4) is 0 Å². The second kappa shape index (κ2) is 16.1. The minimum atomic E-state index is -1.59. The number of hydrogen-bond acceptors (Lipinski definition) is 8. The molecule has 4 amide bonds. The first-order valence-electron chi connectivity index (χ1n) is 14.0. The zero-order valence-corrected chi connectivity index (χ0v) is 25.5. The van der Waals surface area contributed by atoms with Gasteiger partial charge in [-0.25, -0.2) is 9.59 Å². The fourth-order valence-corrected chi connectivity index (χ4v) is 4.22. The molecule has 1 rings (SSSR count). The van der Waals surface area contributed by atoms with Crippen molar-refractivity contribution >= 4 is 29.8 Å². The Morgan fingerprint density at radius 2 is 1.76 bits per heavy atom. The van der Waals surface area contributed by atoms with Crippen molar-refractivity contribution < 1.29 is 38.6 Å². The summed E-state index contributed by atoms with van der Waals surface area (Å²) in [6.07, 6.45) is 3.44. The zero-order valence-electron chi connectivity index (χ0n) is 25.5. The van der Waals surface area contributed by atoms with Crippen molar-refractivity contribution in [3.8, 4) is 0 Å². The first kappa shape index (κ1) is 35.6. The van der Waals surface area contributed by atoms with Gasteiger partial charge in [0.15, 0.2) is 6.10 Å². The number of esters is 1. The van der Waals surface area contributed by atoms with Gasteiger partial charge in [-0.05, 0) is 58.8 Å². The molecule has 4 N–H and O–H groups in total.